The van der Waals surface area contributed by atoms with E-state index in [0.717, 1.165) is 47.8 Å². The molecule has 1 N–H and O–H groups in total. The van der Waals surface area contributed by atoms with E-state index in [0.29, 0.717) is 0 Å². The molecule has 0 amide bonds. The molecule has 0 aliphatic heterocycles. The van der Waals surface area contributed by atoms with Crippen molar-refractivity contribution in [2.24, 2.45) is 11.8 Å². The van der Waals surface area contributed by atoms with E-state index in [1.54, 1.807) is 6.33 Å². The van der Waals surface area contributed by atoms with Crippen LogP contribution in [0, 0.1) is 24.8 Å². The van der Waals surface area contributed by atoms with Crippen LogP contribution in [0.5, 0.6) is 0 Å². The number of hydrogen-bond acceptors (Lipinski definition) is 4. The Kier molecular flexibility index (Phi) is 10.4. The predicted molar refractivity (Wildman–Crippen MR) is 162 cm³/mol. The Hall–Kier alpha value is -2.88. The van der Waals surface area contributed by atoms with Gasteiger partial charge in [-0.05, 0) is 60.6 Å². The molecule has 1 heterocycles. The van der Waals surface area contributed by atoms with Crippen LogP contribution < -0.4 is 0 Å². The number of nitrogens with zero attached hydrogens (tertiary/aromatic N) is 2. The number of fused-ring (bicyclic) bond motifs is 3. The van der Waals surface area contributed by atoms with Crippen molar-refractivity contribution >= 4 is 27.5 Å². The fraction of sp³-hybridized carbons (Fsp3) is 0.400. The van der Waals surface area contributed by atoms with E-state index >= 15 is 0 Å². The maximum atomic E-state index is 11.7. The number of aliphatic hydroxyl groups excluding tert-OH is 1. The molecule has 0 saturated carbocycles. The van der Waals surface area contributed by atoms with E-state index in [4.69, 9.17) is 0 Å². The first-order valence-corrected chi connectivity index (χ1v) is 14.3. The van der Waals surface area contributed by atoms with Crippen molar-refractivity contribution in [3.8, 4) is 11.3 Å². The van der Waals surface area contributed by atoms with Gasteiger partial charge in [0.2, 0.25) is 0 Å². The maximum Gasteiger partial charge on any atom is 0.162 e. The molecule has 213 valence electrons. The Bertz CT molecular complexity index is 1530. The van der Waals surface area contributed by atoms with Gasteiger partial charge in [0.1, 0.15) is 6.33 Å². The summed E-state index contributed by atoms with van der Waals surface area (Å²) in [6.45, 7) is 14.8. The number of hydrogen-bond donors (Lipinski definition) is 1. The number of ketones is 1. The predicted octanol–water partition coefficient (Wildman–Crippen LogP) is 9.07. The van der Waals surface area contributed by atoms with Gasteiger partial charge in [0.25, 0.3) is 0 Å². The summed E-state index contributed by atoms with van der Waals surface area (Å²) < 4.78 is 0. The van der Waals surface area contributed by atoms with Crippen LogP contribution in [0.2, 0.25) is 0 Å². The molecule has 0 fully saturated rings. The van der Waals surface area contributed by atoms with E-state index in [9.17, 15) is 9.90 Å². The fourth-order valence-electron chi connectivity index (χ4n) is 5.78. The second-order valence-corrected chi connectivity index (χ2v) is 11.2. The van der Waals surface area contributed by atoms with Crippen LogP contribution in [-0.2, 0) is 30.3 Å². The van der Waals surface area contributed by atoms with Gasteiger partial charge in [-0.2, -0.15) is 0 Å². The molecule has 1 aromatic heterocycles. The molecule has 1 aliphatic carbocycles. The largest absolute Gasteiger partial charge is 0.512 e. The molecular weight excluding hydrogens is 673 g/mol. The van der Waals surface area contributed by atoms with E-state index in [-0.39, 0.29) is 48.9 Å². The number of carbonyl (C=O) groups is 1. The van der Waals surface area contributed by atoms with Gasteiger partial charge in [-0.3, -0.25) is 9.78 Å². The average molecular weight is 714 g/mol. The molecule has 0 atom stereocenters. The fourth-order valence-corrected chi connectivity index (χ4v) is 5.78. The summed E-state index contributed by atoms with van der Waals surface area (Å²) >= 11 is 0. The normalized spacial score (nSPS) is 13.6. The minimum atomic E-state index is -0.0994. The van der Waals surface area contributed by atoms with Crippen molar-refractivity contribution in [2.75, 3.05) is 0 Å². The van der Waals surface area contributed by atoms with Crippen molar-refractivity contribution in [1.82, 2.24) is 9.97 Å². The van der Waals surface area contributed by atoms with Crippen molar-refractivity contribution in [2.45, 2.75) is 79.6 Å². The topological polar surface area (TPSA) is 63.1 Å². The summed E-state index contributed by atoms with van der Waals surface area (Å²) in [5.41, 5.74) is 6.89. The van der Waals surface area contributed by atoms with Crippen molar-refractivity contribution in [3.05, 3.63) is 83.4 Å². The molecule has 1 radical (unpaired) electrons. The molecular formula is C35H41IrN2O2-. The van der Waals surface area contributed by atoms with Crippen LogP contribution in [0.3, 0.4) is 0 Å². The van der Waals surface area contributed by atoms with E-state index in [1.165, 1.54) is 33.5 Å². The van der Waals surface area contributed by atoms with E-state index < -0.39 is 0 Å². The molecule has 4 nitrogen and oxygen atoms in total. The third-order valence-corrected chi connectivity index (χ3v) is 8.34. The smallest absolute Gasteiger partial charge is 0.162 e. The number of rotatable bonds is 7. The van der Waals surface area contributed by atoms with Gasteiger partial charge < -0.3 is 5.11 Å². The van der Waals surface area contributed by atoms with Gasteiger partial charge in [0, 0.05) is 43.7 Å². The first-order chi connectivity index (χ1) is 18.7. The van der Waals surface area contributed by atoms with Crippen molar-refractivity contribution < 1.29 is 30.0 Å². The quantitative estimate of drug-likeness (QED) is 0.118. The molecule has 1 aliphatic rings. The molecule has 0 unspecified atom stereocenters. The van der Waals surface area contributed by atoms with Crippen LogP contribution in [0.15, 0.2) is 60.6 Å². The third-order valence-electron chi connectivity index (χ3n) is 8.34. The van der Waals surface area contributed by atoms with Crippen molar-refractivity contribution in [1.29, 1.82) is 0 Å². The molecule has 5 heteroatoms. The Morgan fingerprint density at radius 1 is 0.950 bits per heavy atom. The third kappa shape index (κ3) is 6.06. The van der Waals surface area contributed by atoms with Crippen LogP contribution in [0.4, 0.5) is 0 Å². The summed E-state index contributed by atoms with van der Waals surface area (Å²) in [5.74, 6) is 0.547. The zero-order valence-corrected chi connectivity index (χ0v) is 27.2. The Balaban J connectivity index is 0.000000243. The summed E-state index contributed by atoms with van der Waals surface area (Å²) in [6, 6.07) is 18.8. The van der Waals surface area contributed by atoms with Gasteiger partial charge in [-0.1, -0.05) is 82.3 Å². The minimum absolute atomic E-state index is 0. The second-order valence-electron chi connectivity index (χ2n) is 11.2. The maximum absolute atomic E-state index is 11.7. The molecule has 40 heavy (non-hydrogen) atoms. The Labute approximate surface area is 252 Å². The van der Waals surface area contributed by atoms with Gasteiger partial charge in [0.05, 0.1) is 11.3 Å². The molecule has 5 rings (SSSR count). The first-order valence-electron chi connectivity index (χ1n) is 14.3. The molecule has 0 saturated heterocycles. The van der Waals surface area contributed by atoms with Crippen LogP contribution in [0.1, 0.15) is 83.9 Å². The Morgan fingerprint density at radius 2 is 1.60 bits per heavy atom. The van der Waals surface area contributed by atoms with Crippen LogP contribution >= 0.6 is 0 Å². The molecule has 3 aromatic carbocycles. The first kappa shape index (κ1) is 31.6. The van der Waals surface area contributed by atoms with E-state index in [2.05, 4.69) is 79.3 Å². The van der Waals surface area contributed by atoms with E-state index in [1.807, 2.05) is 27.7 Å². The number of aryl methyl sites for hydroxylation is 1. The standard InChI is InChI=1S/C22H17N2.C13H24O2.Ir/c1-13-8-18-20-19(9-13)23-12-24-21(20)16-10-14-6-4-5-7-15(14)11-17(16)22(18,2)3;1-5-10(6-2)12(14)9-13(15)11(7-3)8-4;/h4-9,11-12H,1-3H3;9-11,14H,5-8H2,1-4H3;/q-1;;/b;12-9-;. The summed E-state index contributed by atoms with van der Waals surface area (Å²) in [4.78, 5) is 20.9. The summed E-state index contributed by atoms with van der Waals surface area (Å²) in [7, 11) is 0. The summed E-state index contributed by atoms with van der Waals surface area (Å²) in [6.07, 6.45) is 6.58. The number of carbonyl (C=O) groups excluding carboxylic acids is 1. The molecule has 0 bridgehead atoms. The summed E-state index contributed by atoms with van der Waals surface area (Å²) in [5, 5.41) is 13.3. The SMILES string of the molecule is CCC(CC)C(=O)/C=C(\O)C(CC)CC.Cc1cc2c3c(ncnc3c1)-c1[c-]c3ccccc3cc1C2(C)C.[Ir]. The zero-order chi connectivity index (χ0) is 28.3. The zero-order valence-electron chi connectivity index (χ0n) is 24.8. The average Bonchev–Trinajstić information content (AvgIpc) is 2.92. The number of aliphatic hydroxyl groups is 1. The monoisotopic (exact) mass is 714 g/mol. The van der Waals surface area contributed by atoms with Gasteiger partial charge in [0.15, 0.2) is 5.78 Å². The van der Waals surface area contributed by atoms with Crippen LogP contribution in [-0.4, -0.2) is 20.9 Å². The van der Waals surface area contributed by atoms with Gasteiger partial charge in [-0.15, -0.1) is 23.6 Å². The number of benzene rings is 3. The number of aromatic nitrogens is 2. The van der Waals surface area contributed by atoms with Crippen molar-refractivity contribution in [3.63, 3.8) is 0 Å². The number of allylic oxidation sites excluding steroid dienone is 2. The molecule has 4 aromatic rings. The second kappa shape index (κ2) is 13.2. The van der Waals surface area contributed by atoms with Crippen LogP contribution in [0.25, 0.3) is 32.9 Å². The minimum Gasteiger partial charge on any atom is -0.512 e. The van der Waals surface area contributed by atoms with Gasteiger partial charge >= 0.3 is 0 Å². The van der Waals surface area contributed by atoms with Gasteiger partial charge in [-0.25, -0.2) is 4.98 Å². The molecule has 0 spiro atoms. The Morgan fingerprint density at radius 3 is 2.25 bits per heavy atom.